The van der Waals surface area contributed by atoms with Crippen molar-refractivity contribution in [2.75, 3.05) is 0 Å². The van der Waals surface area contributed by atoms with Crippen LogP contribution in [0.3, 0.4) is 0 Å². The molecule has 0 amide bonds. The first-order valence-corrected chi connectivity index (χ1v) is 0. The van der Waals surface area contributed by atoms with Crippen LogP contribution in [0, 0.1) is 0 Å². The molecule has 0 aromatic heterocycles. The zero-order valence-corrected chi connectivity index (χ0v) is 4.25. The zero-order valence-electron chi connectivity index (χ0n) is 2.86. The summed E-state index contributed by atoms with van der Waals surface area (Å²) in [7, 11) is 0. The van der Waals surface area contributed by atoms with Crippen LogP contribution in [0.25, 0.3) is 0 Å². The summed E-state index contributed by atoms with van der Waals surface area (Å²) in [6.45, 7) is 0. The monoisotopic (exact) mass is 81.0 g/mol. The van der Waals surface area contributed by atoms with Crippen molar-refractivity contribution < 1.29 is 61.8 Å². The molecule has 0 fully saturated rings. The van der Waals surface area contributed by atoms with E-state index in [2.05, 4.69) is 0 Å². The molecule has 0 unspecified atom stereocenters. The largest absolute Gasteiger partial charge is 2.00 e. The predicted molar refractivity (Wildman–Crippen MR) is 0.686 cm³/mol. The molecule has 1 nitrogen and oxygen atoms in total. The molecule has 13 valence electrons. The van der Waals surface area contributed by atoms with Gasteiger partial charge in [0.15, 0.2) is 0 Å². The van der Waals surface area contributed by atoms with Crippen LogP contribution in [0.15, 0.2) is 0 Å². The molecule has 0 aliphatic heterocycles. The molecular weight excluding hydrogens is 80.8 g/mol. The van der Waals surface area contributed by atoms with E-state index in [9.17, 15) is 0 Å². The van der Waals surface area contributed by atoms with Crippen molar-refractivity contribution in [3.8, 4) is 0 Å². The van der Waals surface area contributed by atoms with Gasteiger partial charge in [-0.3, -0.25) is 0 Å². The van der Waals surface area contributed by atoms with Gasteiger partial charge in [-0.1, -0.05) is 0 Å². The maximum absolute atomic E-state index is 0. The van der Waals surface area contributed by atoms with Crippen molar-refractivity contribution in [1.29, 1.82) is 0 Å². The Morgan fingerprint density at radius 3 is 0.750 bits per heavy atom. The van der Waals surface area contributed by atoms with Crippen LogP contribution in [0.1, 0.15) is 0 Å². The maximum Gasteiger partial charge on any atom is 1.00 e. The molecule has 0 bridgehead atoms. The molecule has 0 N–H and O–H groups in total. The smallest absolute Gasteiger partial charge is 1.00 e. The Morgan fingerprint density at radius 2 is 0.750 bits per heavy atom. The Morgan fingerprint density at radius 1 is 0.750 bits per heavy atom. The minimum absolute atomic E-state index is 0. The summed E-state index contributed by atoms with van der Waals surface area (Å²) in [6.07, 6.45) is 0. The van der Waals surface area contributed by atoms with Gasteiger partial charge < -0.3 is 5.48 Å². The van der Waals surface area contributed by atoms with Crippen molar-refractivity contribution in [2.24, 2.45) is 0 Å². The molecule has 0 aromatic carbocycles. The summed E-state index contributed by atoms with van der Waals surface area (Å²) in [4.78, 5) is 0. The molecule has 4 heavy (non-hydrogen) atoms. The minimum Gasteiger partial charge on any atom is -2.00 e. The third-order valence-electron chi connectivity index (χ3n) is 0. The van der Waals surface area contributed by atoms with E-state index in [0.717, 1.165) is 0 Å². The molecule has 1 radical (unpaired) electrons. The van der Waals surface area contributed by atoms with E-state index in [0.29, 0.717) is 0 Å². The van der Waals surface area contributed by atoms with Crippen LogP contribution in [0.4, 0.5) is 0 Å². The van der Waals surface area contributed by atoms with Gasteiger partial charge in [-0.05, 0) is 0 Å². The Labute approximate surface area is 61.5 Å². The van der Waals surface area contributed by atoms with Gasteiger partial charge in [0, 0.05) is 18.6 Å². The van der Waals surface area contributed by atoms with E-state index in [-0.39, 0.29) is 61.8 Å². The Balaban J connectivity index is 0. The molecule has 0 heterocycles. The summed E-state index contributed by atoms with van der Waals surface area (Å²) in [6, 6.07) is 0. The second kappa shape index (κ2) is 21.9. The Hall–Kier alpha value is 1.74. The van der Waals surface area contributed by atoms with Crippen LogP contribution in [-0.4, -0.2) is 0 Å². The van der Waals surface area contributed by atoms with E-state index in [1.807, 2.05) is 0 Å². The van der Waals surface area contributed by atoms with Gasteiger partial charge in [-0.15, -0.1) is 0 Å². The molecule has 0 atom stereocenters. The van der Waals surface area contributed by atoms with Crippen LogP contribution in [0.2, 0.25) is 0 Å². The fourth-order valence-electron chi connectivity index (χ4n) is 0. The van der Waals surface area contributed by atoms with Crippen molar-refractivity contribution >= 4 is 0 Å². The van der Waals surface area contributed by atoms with Crippen molar-refractivity contribution in [1.82, 2.24) is 0 Å². The normalized spacial score (nSPS) is 0. The average Bonchev–Trinajstić information content (AvgIpc) is 0. The first-order valence-electron chi connectivity index (χ1n) is 0. The fraction of sp³-hybridized carbons (Fsp3) is 0. The summed E-state index contributed by atoms with van der Waals surface area (Å²) >= 11 is 0. The van der Waals surface area contributed by atoms with Crippen LogP contribution in [-0.2, 0) is 24.0 Å². The van der Waals surface area contributed by atoms with Gasteiger partial charge in [0.1, 0.15) is 0 Å². The SMILES string of the molecule is [Li+].[Li+].[O-2].[V]. The molecular formula is Li2OV. The second-order valence-corrected chi connectivity index (χ2v) is 0. The average molecular weight is 80.8 g/mol. The van der Waals surface area contributed by atoms with Gasteiger partial charge in [-0.25, -0.2) is 0 Å². The Kier molecular flexibility index (Phi) is 233. The molecule has 0 aliphatic rings. The number of rotatable bonds is 0. The molecule has 0 rings (SSSR count). The molecule has 0 spiro atoms. The van der Waals surface area contributed by atoms with E-state index in [1.54, 1.807) is 0 Å². The standard InChI is InChI=1S/2Li.O.V/q2*+1;-2;. The summed E-state index contributed by atoms with van der Waals surface area (Å²) in [5.74, 6) is 0. The van der Waals surface area contributed by atoms with Crippen LogP contribution < -0.4 is 37.7 Å². The zero-order chi connectivity index (χ0) is 0. The van der Waals surface area contributed by atoms with E-state index in [1.165, 1.54) is 0 Å². The summed E-state index contributed by atoms with van der Waals surface area (Å²) < 4.78 is 0. The van der Waals surface area contributed by atoms with Crippen molar-refractivity contribution in [3.63, 3.8) is 0 Å². The number of hydrogen-bond acceptors (Lipinski definition) is 0. The summed E-state index contributed by atoms with van der Waals surface area (Å²) in [5, 5.41) is 0. The molecule has 0 aliphatic carbocycles. The van der Waals surface area contributed by atoms with Gasteiger partial charge in [0.2, 0.25) is 0 Å². The van der Waals surface area contributed by atoms with Gasteiger partial charge in [0.25, 0.3) is 0 Å². The van der Waals surface area contributed by atoms with E-state index in [4.69, 9.17) is 0 Å². The quantitative estimate of drug-likeness (QED) is 0.259. The van der Waals surface area contributed by atoms with E-state index < -0.39 is 0 Å². The van der Waals surface area contributed by atoms with Gasteiger partial charge in [0.05, 0.1) is 0 Å². The molecule has 0 aromatic rings. The van der Waals surface area contributed by atoms with Gasteiger partial charge >= 0.3 is 37.7 Å². The third kappa shape index (κ3) is 9.28. The predicted octanol–water partition coefficient (Wildman–Crippen LogP) is -6.11. The maximum atomic E-state index is 0. The van der Waals surface area contributed by atoms with Crippen molar-refractivity contribution in [3.05, 3.63) is 0 Å². The first-order chi connectivity index (χ1) is 0. The fourth-order valence-corrected chi connectivity index (χ4v) is 0. The molecule has 0 saturated carbocycles. The second-order valence-electron chi connectivity index (χ2n) is 0. The topological polar surface area (TPSA) is 28.5 Å². The third-order valence-corrected chi connectivity index (χ3v) is 0. The van der Waals surface area contributed by atoms with Crippen LogP contribution in [0.5, 0.6) is 0 Å². The number of hydrogen-bond donors (Lipinski definition) is 0. The first kappa shape index (κ1) is 42.6. The Bertz CT molecular complexity index is 6.00. The van der Waals surface area contributed by atoms with Crippen LogP contribution >= 0.6 is 0 Å². The van der Waals surface area contributed by atoms with Crippen molar-refractivity contribution in [2.45, 2.75) is 0 Å². The van der Waals surface area contributed by atoms with E-state index >= 15 is 0 Å². The minimum atomic E-state index is 0. The molecule has 4 heteroatoms. The summed E-state index contributed by atoms with van der Waals surface area (Å²) in [5.41, 5.74) is 0. The van der Waals surface area contributed by atoms with Gasteiger partial charge in [-0.2, -0.15) is 0 Å². The molecule has 0 saturated heterocycles.